The third kappa shape index (κ3) is 3.57. The first-order valence-electron chi connectivity index (χ1n) is 10.1. The van der Waals surface area contributed by atoms with Crippen LogP contribution in [0.3, 0.4) is 0 Å². The van der Waals surface area contributed by atoms with E-state index in [9.17, 15) is 5.26 Å². The Morgan fingerprint density at radius 3 is 2.57 bits per heavy atom. The molecule has 28 heavy (non-hydrogen) atoms. The van der Waals surface area contributed by atoms with Crippen molar-refractivity contribution < 1.29 is 4.74 Å². The van der Waals surface area contributed by atoms with Crippen LogP contribution in [0.1, 0.15) is 52.0 Å². The number of nitrogens with one attached hydrogen (secondary N) is 2. The Hall–Kier alpha value is -2.94. The van der Waals surface area contributed by atoms with Gasteiger partial charge in [-0.15, -0.1) is 0 Å². The van der Waals surface area contributed by atoms with Gasteiger partial charge in [0.25, 0.3) is 0 Å². The van der Waals surface area contributed by atoms with E-state index in [1.807, 2.05) is 42.6 Å². The molecule has 2 heterocycles. The van der Waals surface area contributed by atoms with Crippen LogP contribution in [0, 0.1) is 17.2 Å². The minimum absolute atomic E-state index is 0.140. The monoisotopic (exact) mass is 377 g/mol. The zero-order valence-electron chi connectivity index (χ0n) is 16.7. The Kier molecular flexibility index (Phi) is 4.99. The van der Waals surface area contributed by atoms with Gasteiger partial charge in [-0.05, 0) is 69.7 Å². The molecule has 1 aliphatic carbocycles. The summed E-state index contributed by atoms with van der Waals surface area (Å²) in [6, 6.07) is 10.6. The van der Waals surface area contributed by atoms with Gasteiger partial charge in [-0.2, -0.15) is 5.26 Å². The SMILES string of the molecule is CC1CCC(Nc2c(-c3ccc(OC(C)C)cc3)nc3c(C#N)c[nH]n23)CC1. The number of rotatable bonds is 5. The van der Waals surface area contributed by atoms with E-state index in [0.29, 0.717) is 17.3 Å². The van der Waals surface area contributed by atoms with Crippen molar-refractivity contribution in [2.24, 2.45) is 5.92 Å². The Labute approximate surface area is 165 Å². The molecule has 0 saturated heterocycles. The van der Waals surface area contributed by atoms with E-state index in [2.05, 4.69) is 23.4 Å². The molecule has 0 unspecified atom stereocenters. The van der Waals surface area contributed by atoms with Gasteiger partial charge in [0.1, 0.15) is 23.1 Å². The summed E-state index contributed by atoms with van der Waals surface area (Å²) in [5.41, 5.74) is 3.07. The van der Waals surface area contributed by atoms with Crippen molar-refractivity contribution in [3.05, 3.63) is 36.0 Å². The van der Waals surface area contributed by atoms with Crippen molar-refractivity contribution in [3.8, 4) is 23.1 Å². The normalized spacial score (nSPS) is 19.7. The average Bonchev–Trinajstić information content (AvgIpc) is 3.23. The maximum absolute atomic E-state index is 9.41. The Morgan fingerprint density at radius 2 is 1.93 bits per heavy atom. The zero-order valence-corrected chi connectivity index (χ0v) is 16.7. The number of benzene rings is 1. The molecule has 146 valence electrons. The van der Waals surface area contributed by atoms with Crippen molar-refractivity contribution in [1.82, 2.24) is 14.6 Å². The third-order valence-corrected chi connectivity index (χ3v) is 5.43. The van der Waals surface area contributed by atoms with Crippen LogP contribution in [-0.2, 0) is 0 Å². The van der Waals surface area contributed by atoms with Crippen LogP contribution < -0.4 is 10.1 Å². The smallest absolute Gasteiger partial charge is 0.173 e. The summed E-state index contributed by atoms with van der Waals surface area (Å²) >= 11 is 0. The molecule has 0 amide bonds. The third-order valence-electron chi connectivity index (χ3n) is 5.43. The summed E-state index contributed by atoms with van der Waals surface area (Å²) in [5, 5.41) is 16.3. The molecule has 6 nitrogen and oxygen atoms in total. The van der Waals surface area contributed by atoms with E-state index in [-0.39, 0.29) is 6.10 Å². The highest BCUT2D eigenvalue weighted by molar-refractivity contribution is 5.78. The number of fused-ring (bicyclic) bond motifs is 1. The van der Waals surface area contributed by atoms with E-state index in [1.54, 1.807) is 6.20 Å². The summed E-state index contributed by atoms with van der Waals surface area (Å²) in [7, 11) is 0. The molecule has 0 bridgehead atoms. The molecule has 0 atom stereocenters. The average molecular weight is 377 g/mol. The van der Waals surface area contributed by atoms with Gasteiger partial charge in [-0.25, -0.2) is 9.50 Å². The van der Waals surface area contributed by atoms with E-state index >= 15 is 0 Å². The number of H-pyrrole nitrogens is 1. The van der Waals surface area contributed by atoms with Crippen LogP contribution in [0.2, 0.25) is 0 Å². The number of aromatic amines is 1. The molecule has 1 fully saturated rings. The summed E-state index contributed by atoms with van der Waals surface area (Å²) in [6.07, 6.45) is 6.64. The largest absolute Gasteiger partial charge is 0.491 e. The van der Waals surface area contributed by atoms with Gasteiger partial charge in [0.2, 0.25) is 0 Å². The molecule has 1 aliphatic rings. The second-order valence-electron chi connectivity index (χ2n) is 8.06. The number of hydrogen-bond acceptors (Lipinski definition) is 4. The molecule has 0 aliphatic heterocycles. The summed E-state index contributed by atoms with van der Waals surface area (Å²) in [4.78, 5) is 4.79. The van der Waals surface area contributed by atoms with Gasteiger partial charge < -0.3 is 10.1 Å². The van der Waals surface area contributed by atoms with Crippen LogP contribution in [0.25, 0.3) is 16.9 Å². The minimum atomic E-state index is 0.140. The molecule has 4 rings (SSSR count). The summed E-state index contributed by atoms with van der Waals surface area (Å²) < 4.78 is 7.65. The molecule has 2 aromatic heterocycles. The Morgan fingerprint density at radius 1 is 1.21 bits per heavy atom. The highest BCUT2D eigenvalue weighted by Gasteiger charge is 2.23. The maximum Gasteiger partial charge on any atom is 0.173 e. The van der Waals surface area contributed by atoms with Gasteiger partial charge in [-0.3, -0.25) is 5.10 Å². The maximum atomic E-state index is 9.41. The van der Waals surface area contributed by atoms with E-state index in [1.165, 1.54) is 12.8 Å². The predicted molar refractivity (Wildman–Crippen MR) is 111 cm³/mol. The number of ether oxygens (including phenoxy) is 1. The molecule has 3 aromatic rings. The van der Waals surface area contributed by atoms with Crippen LogP contribution in [0.15, 0.2) is 30.5 Å². The number of anilines is 1. The van der Waals surface area contributed by atoms with Gasteiger partial charge in [0.05, 0.1) is 6.10 Å². The first-order chi connectivity index (χ1) is 13.5. The van der Waals surface area contributed by atoms with Crippen molar-refractivity contribution in [2.45, 2.75) is 58.6 Å². The van der Waals surface area contributed by atoms with Crippen molar-refractivity contribution in [1.29, 1.82) is 5.26 Å². The molecule has 1 aromatic carbocycles. The quantitative estimate of drug-likeness (QED) is 0.657. The molecular formula is C22H27N5O. The second kappa shape index (κ2) is 7.59. The predicted octanol–water partition coefficient (Wildman–Crippen LogP) is 4.98. The first kappa shape index (κ1) is 18.4. The fourth-order valence-corrected chi connectivity index (χ4v) is 3.90. The summed E-state index contributed by atoms with van der Waals surface area (Å²) in [5.74, 6) is 2.57. The van der Waals surface area contributed by atoms with Gasteiger partial charge >= 0.3 is 0 Å². The fourth-order valence-electron chi connectivity index (χ4n) is 3.90. The molecule has 6 heteroatoms. The number of nitriles is 1. The van der Waals surface area contributed by atoms with Crippen molar-refractivity contribution in [3.63, 3.8) is 0 Å². The van der Waals surface area contributed by atoms with E-state index < -0.39 is 0 Å². The number of aromatic nitrogens is 3. The first-order valence-corrected chi connectivity index (χ1v) is 10.1. The van der Waals surface area contributed by atoms with E-state index in [4.69, 9.17) is 9.72 Å². The molecule has 1 saturated carbocycles. The lowest BCUT2D eigenvalue weighted by Crippen LogP contribution is -2.26. The fraction of sp³-hybridized carbons (Fsp3) is 0.455. The second-order valence-corrected chi connectivity index (χ2v) is 8.06. The van der Waals surface area contributed by atoms with Gasteiger partial charge in [-0.1, -0.05) is 6.92 Å². The lowest BCUT2D eigenvalue weighted by atomic mass is 9.87. The van der Waals surface area contributed by atoms with Gasteiger partial charge in [0, 0.05) is 17.8 Å². The van der Waals surface area contributed by atoms with Crippen LogP contribution in [0.4, 0.5) is 5.82 Å². The summed E-state index contributed by atoms with van der Waals surface area (Å²) in [6.45, 7) is 6.36. The minimum Gasteiger partial charge on any atom is -0.491 e. The van der Waals surface area contributed by atoms with Crippen molar-refractivity contribution >= 4 is 11.5 Å². The lowest BCUT2D eigenvalue weighted by Gasteiger charge is -2.27. The highest BCUT2D eigenvalue weighted by atomic mass is 16.5. The molecule has 2 N–H and O–H groups in total. The lowest BCUT2D eigenvalue weighted by molar-refractivity contribution is 0.242. The molecule has 0 spiro atoms. The molecular weight excluding hydrogens is 350 g/mol. The van der Waals surface area contributed by atoms with Crippen LogP contribution in [-0.4, -0.2) is 26.7 Å². The van der Waals surface area contributed by atoms with Crippen LogP contribution in [0.5, 0.6) is 5.75 Å². The van der Waals surface area contributed by atoms with Crippen LogP contribution >= 0.6 is 0 Å². The Bertz CT molecular complexity index is 985. The number of imidazole rings is 1. The standard InChI is InChI=1S/C22H27N5O/c1-14(2)28-19-10-6-16(7-11-19)20-22(25-18-8-4-15(3)5-9-18)27-21(26-20)17(12-23)13-24-27/h6-7,10-11,13-15,18,24-25H,4-5,8-9H2,1-3H3. The number of hydrogen-bond donors (Lipinski definition) is 2. The topological polar surface area (TPSA) is 78.1 Å². The van der Waals surface area contributed by atoms with E-state index in [0.717, 1.165) is 41.6 Å². The van der Waals surface area contributed by atoms with Crippen molar-refractivity contribution in [2.75, 3.05) is 5.32 Å². The van der Waals surface area contributed by atoms with Gasteiger partial charge in [0.15, 0.2) is 11.5 Å². The zero-order chi connectivity index (χ0) is 19.7. The Balaban J connectivity index is 1.70. The highest BCUT2D eigenvalue weighted by Crippen LogP contribution is 2.33. The molecule has 0 radical (unpaired) electrons. The number of nitrogens with zero attached hydrogens (tertiary/aromatic N) is 3.